The van der Waals surface area contributed by atoms with Gasteiger partial charge in [0.05, 0.1) is 17.8 Å². The third-order valence-corrected chi connectivity index (χ3v) is 3.92. The number of hydrogen-bond acceptors (Lipinski definition) is 5. The number of para-hydroxylation sites is 1. The van der Waals surface area contributed by atoms with Crippen molar-refractivity contribution in [1.82, 2.24) is 30.3 Å². The SMILES string of the molecule is O=C(Cn1nnc2ccccc21)NCc1cc(C2CC2)ncn1. The van der Waals surface area contributed by atoms with Crippen LogP contribution in [0.15, 0.2) is 36.7 Å². The van der Waals surface area contributed by atoms with Gasteiger partial charge in [0, 0.05) is 11.6 Å². The van der Waals surface area contributed by atoms with Gasteiger partial charge < -0.3 is 5.32 Å². The quantitative estimate of drug-likeness (QED) is 0.770. The van der Waals surface area contributed by atoms with Crippen LogP contribution in [0.2, 0.25) is 0 Å². The van der Waals surface area contributed by atoms with E-state index in [-0.39, 0.29) is 12.5 Å². The summed E-state index contributed by atoms with van der Waals surface area (Å²) in [7, 11) is 0. The Balaban J connectivity index is 1.39. The Labute approximate surface area is 132 Å². The molecule has 1 N–H and O–H groups in total. The van der Waals surface area contributed by atoms with E-state index in [0.717, 1.165) is 22.4 Å². The van der Waals surface area contributed by atoms with Gasteiger partial charge in [-0.2, -0.15) is 0 Å². The Kier molecular flexibility index (Phi) is 3.45. The lowest BCUT2D eigenvalue weighted by Gasteiger charge is -2.06. The highest BCUT2D eigenvalue weighted by Crippen LogP contribution is 2.38. The standard InChI is InChI=1S/C16H16N6O/c23-16(9-22-15-4-2-1-3-13(15)20-21-22)17-8-12-7-14(11-5-6-11)19-10-18-12/h1-4,7,10-11H,5-6,8-9H2,(H,17,23). The van der Waals surface area contributed by atoms with Gasteiger partial charge in [-0.1, -0.05) is 17.3 Å². The first-order valence-electron chi connectivity index (χ1n) is 7.65. The second-order valence-corrected chi connectivity index (χ2v) is 5.72. The fourth-order valence-corrected chi connectivity index (χ4v) is 2.53. The number of carbonyl (C=O) groups excluding carboxylic acids is 1. The molecule has 0 aliphatic heterocycles. The summed E-state index contributed by atoms with van der Waals surface area (Å²) in [4.78, 5) is 20.6. The van der Waals surface area contributed by atoms with Crippen LogP contribution in [0.5, 0.6) is 0 Å². The largest absolute Gasteiger partial charge is 0.349 e. The van der Waals surface area contributed by atoms with Crippen LogP contribution >= 0.6 is 0 Å². The van der Waals surface area contributed by atoms with E-state index in [1.54, 1.807) is 11.0 Å². The molecule has 4 rings (SSSR count). The van der Waals surface area contributed by atoms with Crippen LogP contribution in [0.4, 0.5) is 0 Å². The van der Waals surface area contributed by atoms with E-state index in [2.05, 4.69) is 25.6 Å². The molecule has 1 fully saturated rings. The number of hydrogen-bond donors (Lipinski definition) is 1. The lowest BCUT2D eigenvalue weighted by molar-refractivity contribution is -0.122. The van der Waals surface area contributed by atoms with Crippen molar-refractivity contribution in [2.24, 2.45) is 0 Å². The molecule has 0 radical (unpaired) electrons. The van der Waals surface area contributed by atoms with Crippen molar-refractivity contribution in [3.63, 3.8) is 0 Å². The van der Waals surface area contributed by atoms with Crippen molar-refractivity contribution in [3.8, 4) is 0 Å². The number of carbonyl (C=O) groups is 1. The molecular weight excluding hydrogens is 292 g/mol. The van der Waals surface area contributed by atoms with Crippen molar-refractivity contribution < 1.29 is 4.79 Å². The molecule has 1 aromatic carbocycles. The fourth-order valence-electron chi connectivity index (χ4n) is 2.53. The minimum Gasteiger partial charge on any atom is -0.349 e. The van der Waals surface area contributed by atoms with E-state index in [0.29, 0.717) is 12.5 Å². The zero-order valence-electron chi connectivity index (χ0n) is 12.5. The first kappa shape index (κ1) is 13.8. The molecule has 2 aromatic heterocycles. The van der Waals surface area contributed by atoms with Gasteiger partial charge in [-0.05, 0) is 31.0 Å². The number of aromatic nitrogens is 5. The molecule has 0 bridgehead atoms. The highest BCUT2D eigenvalue weighted by molar-refractivity contribution is 5.79. The third-order valence-electron chi connectivity index (χ3n) is 3.92. The summed E-state index contributed by atoms with van der Waals surface area (Å²) in [6, 6.07) is 9.54. The van der Waals surface area contributed by atoms with Crippen LogP contribution in [0.3, 0.4) is 0 Å². The fraction of sp³-hybridized carbons (Fsp3) is 0.312. The first-order chi connectivity index (χ1) is 11.3. The van der Waals surface area contributed by atoms with E-state index in [9.17, 15) is 4.79 Å². The van der Waals surface area contributed by atoms with Gasteiger partial charge in [0.25, 0.3) is 0 Å². The van der Waals surface area contributed by atoms with Crippen molar-refractivity contribution in [2.45, 2.75) is 31.8 Å². The first-order valence-corrected chi connectivity index (χ1v) is 7.65. The molecule has 7 heteroatoms. The second kappa shape index (κ2) is 5.75. The highest BCUT2D eigenvalue weighted by Gasteiger charge is 2.25. The maximum absolute atomic E-state index is 12.1. The van der Waals surface area contributed by atoms with Crippen LogP contribution in [0.1, 0.15) is 30.1 Å². The number of nitrogens with zero attached hydrogens (tertiary/aromatic N) is 5. The Morgan fingerprint density at radius 2 is 2.13 bits per heavy atom. The molecule has 1 saturated carbocycles. The maximum atomic E-state index is 12.1. The molecule has 1 aliphatic rings. The van der Waals surface area contributed by atoms with Crippen molar-refractivity contribution in [1.29, 1.82) is 0 Å². The van der Waals surface area contributed by atoms with E-state index in [4.69, 9.17) is 0 Å². The summed E-state index contributed by atoms with van der Waals surface area (Å²) < 4.78 is 1.60. The van der Waals surface area contributed by atoms with Gasteiger partial charge in [0.2, 0.25) is 5.91 Å². The molecule has 1 aliphatic carbocycles. The zero-order valence-corrected chi connectivity index (χ0v) is 12.5. The topological polar surface area (TPSA) is 85.6 Å². The van der Waals surface area contributed by atoms with Crippen LogP contribution in [0.25, 0.3) is 11.0 Å². The summed E-state index contributed by atoms with van der Waals surface area (Å²) in [6.45, 7) is 0.536. The Morgan fingerprint density at radius 3 is 3.00 bits per heavy atom. The van der Waals surface area contributed by atoms with Crippen LogP contribution in [-0.2, 0) is 17.9 Å². The molecule has 2 heterocycles. The average Bonchev–Trinajstić information content (AvgIpc) is 3.36. The van der Waals surface area contributed by atoms with E-state index in [1.165, 1.54) is 12.8 Å². The van der Waals surface area contributed by atoms with Gasteiger partial charge in [0.1, 0.15) is 18.4 Å². The van der Waals surface area contributed by atoms with Gasteiger partial charge in [-0.25, -0.2) is 14.6 Å². The summed E-state index contributed by atoms with van der Waals surface area (Å²) in [5.41, 5.74) is 3.54. The predicted octanol–water partition coefficient (Wildman–Crippen LogP) is 1.42. The minimum absolute atomic E-state index is 0.118. The zero-order chi connectivity index (χ0) is 15.6. The average molecular weight is 308 g/mol. The Hall–Kier alpha value is -2.83. The number of fused-ring (bicyclic) bond motifs is 1. The number of nitrogens with one attached hydrogen (secondary N) is 1. The van der Waals surface area contributed by atoms with Gasteiger partial charge >= 0.3 is 0 Å². The molecule has 7 nitrogen and oxygen atoms in total. The molecule has 116 valence electrons. The lowest BCUT2D eigenvalue weighted by atomic mass is 10.2. The van der Waals surface area contributed by atoms with Crippen molar-refractivity contribution in [2.75, 3.05) is 0 Å². The molecule has 1 amide bonds. The minimum atomic E-state index is -0.118. The Bertz CT molecular complexity index is 854. The maximum Gasteiger partial charge on any atom is 0.242 e. The van der Waals surface area contributed by atoms with Crippen LogP contribution in [0, 0.1) is 0 Å². The highest BCUT2D eigenvalue weighted by atomic mass is 16.2. The normalized spacial score (nSPS) is 14.1. The van der Waals surface area contributed by atoms with Crippen molar-refractivity contribution in [3.05, 3.63) is 48.0 Å². The number of benzene rings is 1. The smallest absolute Gasteiger partial charge is 0.242 e. The predicted molar refractivity (Wildman–Crippen MR) is 83.4 cm³/mol. The van der Waals surface area contributed by atoms with Gasteiger partial charge in [-0.15, -0.1) is 5.10 Å². The van der Waals surface area contributed by atoms with E-state index < -0.39 is 0 Å². The van der Waals surface area contributed by atoms with Crippen LogP contribution < -0.4 is 5.32 Å². The van der Waals surface area contributed by atoms with E-state index >= 15 is 0 Å². The lowest BCUT2D eigenvalue weighted by Crippen LogP contribution is -2.28. The third kappa shape index (κ3) is 3.03. The molecule has 0 saturated heterocycles. The summed E-state index contributed by atoms with van der Waals surface area (Å²) in [5, 5.41) is 10.9. The molecule has 0 spiro atoms. The van der Waals surface area contributed by atoms with E-state index in [1.807, 2.05) is 30.3 Å². The van der Waals surface area contributed by atoms with Crippen molar-refractivity contribution >= 4 is 16.9 Å². The van der Waals surface area contributed by atoms with Gasteiger partial charge in [-0.3, -0.25) is 4.79 Å². The summed E-state index contributed by atoms with van der Waals surface area (Å²) in [6.07, 6.45) is 3.96. The second-order valence-electron chi connectivity index (χ2n) is 5.72. The molecule has 23 heavy (non-hydrogen) atoms. The monoisotopic (exact) mass is 308 g/mol. The Morgan fingerprint density at radius 1 is 1.26 bits per heavy atom. The summed E-state index contributed by atoms with van der Waals surface area (Å²) >= 11 is 0. The molecule has 0 atom stereocenters. The molecule has 0 unspecified atom stereocenters. The van der Waals surface area contributed by atoms with Crippen LogP contribution in [-0.4, -0.2) is 30.9 Å². The molecule has 3 aromatic rings. The number of amides is 1. The van der Waals surface area contributed by atoms with Gasteiger partial charge in [0.15, 0.2) is 0 Å². The summed E-state index contributed by atoms with van der Waals surface area (Å²) in [5.74, 6) is 0.459. The number of rotatable bonds is 5. The molecular formula is C16H16N6O.